The quantitative estimate of drug-likeness (QED) is 0.671. The fourth-order valence-corrected chi connectivity index (χ4v) is 4.98. The first-order valence-corrected chi connectivity index (χ1v) is 9.15. The number of hydrogen-bond acceptors (Lipinski definition) is 4. The van der Waals surface area contributed by atoms with Crippen molar-refractivity contribution in [3.05, 3.63) is 21.1 Å². The number of carbonyl (C=O) groups is 1. The second kappa shape index (κ2) is 6.10. The summed E-state index contributed by atoms with van der Waals surface area (Å²) in [5.41, 5.74) is 0.148. The van der Waals surface area contributed by atoms with Crippen molar-refractivity contribution in [1.82, 2.24) is 10.0 Å². The molecule has 0 saturated heterocycles. The molecule has 3 aliphatic rings. The summed E-state index contributed by atoms with van der Waals surface area (Å²) in [4.78, 5) is 12.9. The predicted molar refractivity (Wildman–Crippen MR) is 90.5 cm³/mol. The topological polar surface area (TPSA) is 50.4 Å². The van der Waals surface area contributed by atoms with Gasteiger partial charge in [0.2, 0.25) is 5.91 Å². The Bertz CT molecular complexity index is 565. The molecule has 21 heavy (non-hydrogen) atoms. The summed E-state index contributed by atoms with van der Waals surface area (Å²) in [6.07, 6.45) is 3.50. The van der Waals surface area contributed by atoms with Gasteiger partial charge in [0, 0.05) is 14.9 Å². The highest BCUT2D eigenvalue weighted by Crippen LogP contribution is 2.56. The maximum atomic E-state index is 11.9. The van der Waals surface area contributed by atoms with Gasteiger partial charge in [0.05, 0.1) is 18.1 Å². The molecule has 0 atom stereocenters. The summed E-state index contributed by atoms with van der Waals surface area (Å²) in [5, 5.41) is 3.13. The second-order valence-corrected chi connectivity index (χ2v) is 8.29. The lowest BCUT2D eigenvalue weighted by Gasteiger charge is -2.61. The standard InChI is InChI=1S/C14H16Br2N2O2S/c1-20-11-3-12(10(16)2-9(11)15)21-17-7-13(19)18-14-4-8(5-14)6-14/h2-3,8,17H,4-7H2,1H3,(H,18,19). The van der Waals surface area contributed by atoms with Crippen molar-refractivity contribution < 1.29 is 9.53 Å². The van der Waals surface area contributed by atoms with Crippen molar-refractivity contribution in [2.45, 2.75) is 29.7 Å². The molecule has 0 unspecified atom stereocenters. The molecular weight excluding hydrogens is 420 g/mol. The third-order valence-electron chi connectivity index (χ3n) is 4.06. The predicted octanol–water partition coefficient (Wildman–Crippen LogP) is 3.49. The zero-order valence-electron chi connectivity index (χ0n) is 11.5. The van der Waals surface area contributed by atoms with Gasteiger partial charge in [0.1, 0.15) is 5.75 Å². The summed E-state index contributed by atoms with van der Waals surface area (Å²) < 4.78 is 10.2. The van der Waals surface area contributed by atoms with Crippen LogP contribution in [0.5, 0.6) is 5.75 Å². The molecule has 1 aromatic carbocycles. The molecule has 4 nitrogen and oxygen atoms in total. The van der Waals surface area contributed by atoms with E-state index in [0.29, 0.717) is 6.54 Å². The van der Waals surface area contributed by atoms with E-state index in [-0.39, 0.29) is 11.4 Å². The van der Waals surface area contributed by atoms with Gasteiger partial charge in [-0.05, 0) is 81.1 Å². The molecule has 3 saturated carbocycles. The minimum Gasteiger partial charge on any atom is -0.496 e. The molecule has 2 N–H and O–H groups in total. The van der Waals surface area contributed by atoms with E-state index < -0.39 is 0 Å². The summed E-state index contributed by atoms with van der Waals surface area (Å²) in [7, 11) is 1.63. The van der Waals surface area contributed by atoms with E-state index in [1.807, 2.05) is 12.1 Å². The number of methoxy groups -OCH3 is 1. The van der Waals surface area contributed by atoms with Crippen molar-refractivity contribution in [2.75, 3.05) is 13.7 Å². The van der Waals surface area contributed by atoms with Gasteiger partial charge >= 0.3 is 0 Å². The van der Waals surface area contributed by atoms with Crippen LogP contribution in [0.3, 0.4) is 0 Å². The Morgan fingerprint density at radius 2 is 2.10 bits per heavy atom. The van der Waals surface area contributed by atoms with E-state index in [1.54, 1.807) is 7.11 Å². The van der Waals surface area contributed by atoms with Gasteiger partial charge in [0.25, 0.3) is 0 Å². The lowest BCUT2D eigenvalue weighted by molar-refractivity contribution is -0.131. The van der Waals surface area contributed by atoms with Gasteiger partial charge in [-0.3, -0.25) is 9.52 Å². The molecule has 3 aliphatic carbocycles. The molecule has 0 spiro atoms. The van der Waals surface area contributed by atoms with E-state index in [1.165, 1.54) is 31.2 Å². The maximum absolute atomic E-state index is 11.9. The van der Waals surface area contributed by atoms with Crippen molar-refractivity contribution in [1.29, 1.82) is 0 Å². The van der Waals surface area contributed by atoms with Gasteiger partial charge < -0.3 is 10.1 Å². The molecule has 3 fully saturated rings. The Kier molecular flexibility index (Phi) is 4.55. The number of amides is 1. The lowest BCUT2D eigenvalue weighted by Crippen LogP contribution is -2.68. The SMILES string of the molecule is COc1cc(SNCC(=O)NC23CC(C2)C3)c(Br)cc1Br. The van der Waals surface area contributed by atoms with E-state index in [4.69, 9.17) is 4.74 Å². The van der Waals surface area contributed by atoms with Gasteiger partial charge in [-0.2, -0.15) is 0 Å². The van der Waals surface area contributed by atoms with Crippen LogP contribution in [0.4, 0.5) is 0 Å². The van der Waals surface area contributed by atoms with Crippen LogP contribution in [0.15, 0.2) is 26.0 Å². The van der Waals surface area contributed by atoms with Crippen LogP contribution in [-0.2, 0) is 4.79 Å². The first-order chi connectivity index (χ1) is 10.0. The number of ether oxygens (including phenoxy) is 1. The highest BCUT2D eigenvalue weighted by atomic mass is 79.9. The number of rotatable bonds is 6. The summed E-state index contributed by atoms with van der Waals surface area (Å²) in [6, 6.07) is 3.86. The van der Waals surface area contributed by atoms with Crippen LogP contribution < -0.4 is 14.8 Å². The first kappa shape index (κ1) is 15.6. The van der Waals surface area contributed by atoms with Crippen molar-refractivity contribution in [3.63, 3.8) is 0 Å². The van der Waals surface area contributed by atoms with Crippen molar-refractivity contribution in [2.24, 2.45) is 5.92 Å². The van der Waals surface area contributed by atoms with E-state index in [2.05, 4.69) is 41.9 Å². The average Bonchev–Trinajstić information content (AvgIpc) is 2.35. The number of benzene rings is 1. The Morgan fingerprint density at radius 3 is 2.67 bits per heavy atom. The van der Waals surface area contributed by atoms with E-state index in [0.717, 1.165) is 25.5 Å². The van der Waals surface area contributed by atoms with Crippen molar-refractivity contribution in [3.8, 4) is 5.75 Å². The number of nitrogens with one attached hydrogen (secondary N) is 2. The fraction of sp³-hybridized carbons (Fsp3) is 0.500. The average molecular weight is 436 g/mol. The van der Waals surface area contributed by atoms with Crippen LogP contribution in [-0.4, -0.2) is 25.1 Å². The molecule has 1 amide bonds. The molecule has 7 heteroatoms. The zero-order valence-corrected chi connectivity index (χ0v) is 15.5. The third kappa shape index (κ3) is 3.25. The molecule has 0 heterocycles. The zero-order chi connectivity index (χ0) is 15.0. The Balaban J connectivity index is 1.49. The maximum Gasteiger partial charge on any atom is 0.235 e. The molecule has 0 aliphatic heterocycles. The monoisotopic (exact) mass is 434 g/mol. The molecule has 0 aromatic heterocycles. The van der Waals surface area contributed by atoms with Crippen molar-refractivity contribution >= 4 is 49.7 Å². The van der Waals surface area contributed by atoms with Gasteiger partial charge in [-0.1, -0.05) is 0 Å². The molecule has 114 valence electrons. The Labute approximate surface area is 145 Å². The lowest BCUT2D eigenvalue weighted by atomic mass is 9.50. The van der Waals surface area contributed by atoms with Crippen LogP contribution in [0.25, 0.3) is 0 Å². The normalized spacial score (nSPS) is 25.8. The second-order valence-electron chi connectivity index (χ2n) is 5.65. The van der Waals surface area contributed by atoms with Gasteiger partial charge in [0.15, 0.2) is 0 Å². The summed E-state index contributed by atoms with van der Waals surface area (Å²) in [5.74, 6) is 1.71. The van der Waals surface area contributed by atoms with Gasteiger partial charge in [-0.25, -0.2) is 0 Å². The van der Waals surface area contributed by atoms with E-state index in [9.17, 15) is 4.79 Å². The minimum absolute atomic E-state index is 0.0702. The van der Waals surface area contributed by atoms with Gasteiger partial charge in [-0.15, -0.1) is 0 Å². The fourth-order valence-electron chi connectivity index (χ4n) is 2.90. The van der Waals surface area contributed by atoms with Crippen LogP contribution in [0.2, 0.25) is 0 Å². The first-order valence-electron chi connectivity index (χ1n) is 6.75. The number of halogens is 2. The summed E-state index contributed by atoms with van der Waals surface area (Å²) in [6.45, 7) is 0.307. The molecular formula is C14H16Br2N2O2S. The van der Waals surface area contributed by atoms with Crippen LogP contribution in [0, 0.1) is 5.92 Å². The highest BCUT2D eigenvalue weighted by molar-refractivity contribution is 9.11. The van der Waals surface area contributed by atoms with Crippen LogP contribution >= 0.6 is 43.8 Å². The third-order valence-corrected chi connectivity index (χ3v) is 6.45. The molecule has 2 bridgehead atoms. The number of carbonyl (C=O) groups excluding carboxylic acids is 1. The number of hydrogen-bond donors (Lipinski definition) is 2. The minimum atomic E-state index is 0.0702. The highest BCUT2D eigenvalue weighted by Gasteiger charge is 2.57. The summed E-state index contributed by atoms with van der Waals surface area (Å²) >= 11 is 8.36. The van der Waals surface area contributed by atoms with Crippen LogP contribution in [0.1, 0.15) is 19.3 Å². The Hall–Kier alpha value is -0.240. The molecule has 0 radical (unpaired) electrons. The molecule has 4 rings (SSSR count). The Morgan fingerprint density at radius 1 is 1.38 bits per heavy atom. The van der Waals surface area contributed by atoms with E-state index >= 15 is 0 Å². The smallest absolute Gasteiger partial charge is 0.235 e. The molecule has 1 aromatic rings. The largest absolute Gasteiger partial charge is 0.496 e.